The lowest BCUT2D eigenvalue weighted by Gasteiger charge is -2.26. The average Bonchev–Trinajstić information content (AvgIpc) is 2.67. The number of nitrogens with zero attached hydrogens (tertiary/aromatic N) is 1. The Kier molecular flexibility index (Phi) is 5.97. The minimum Gasteiger partial charge on any atom is -0.319 e. The van der Waals surface area contributed by atoms with Crippen molar-refractivity contribution in [2.45, 2.75) is 24.2 Å². The smallest absolute Gasteiger partial charge is 0.255 e. The maximum atomic E-state index is 13.7. The molecule has 1 amide bonds. The highest BCUT2D eigenvalue weighted by Crippen LogP contribution is 2.28. The monoisotopic (exact) mass is 432 g/mol. The molecule has 1 aliphatic rings. The van der Waals surface area contributed by atoms with Crippen LogP contribution in [0.2, 0.25) is 5.02 Å². The van der Waals surface area contributed by atoms with Crippen LogP contribution in [0.5, 0.6) is 0 Å². The number of rotatable bonds is 4. The van der Waals surface area contributed by atoms with E-state index in [2.05, 4.69) is 5.32 Å². The fraction of sp³-hybridized carbons (Fsp3) is 0.278. The summed E-state index contributed by atoms with van der Waals surface area (Å²) in [5.41, 5.74) is -0.691. The molecule has 0 unspecified atom stereocenters. The molecule has 2 aromatic rings. The predicted octanol–water partition coefficient (Wildman–Crippen LogP) is 4.18. The maximum absolute atomic E-state index is 13.7. The molecule has 1 fully saturated rings. The standard InChI is InChI=1S/C18H16ClF3N2O3S/c19-12-5-4-11(8-17(12)28(26,27)24-6-2-1-3-7-24)18(25)23-16-10-14(21)13(20)9-15(16)22/h4-5,8-10H,1-3,6-7H2,(H,23,25). The van der Waals surface area contributed by atoms with Crippen LogP contribution in [0, 0.1) is 17.5 Å². The Morgan fingerprint density at radius 3 is 2.29 bits per heavy atom. The van der Waals surface area contributed by atoms with Gasteiger partial charge in [0.1, 0.15) is 10.7 Å². The van der Waals surface area contributed by atoms with Gasteiger partial charge < -0.3 is 5.32 Å². The number of carbonyl (C=O) groups excluding carboxylic acids is 1. The first-order chi connectivity index (χ1) is 13.2. The first kappa shape index (κ1) is 20.6. The first-order valence-corrected chi connectivity index (χ1v) is 10.3. The van der Waals surface area contributed by atoms with Crippen LogP contribution in [0.25, 0.3) is 0 Å². The van der Waals surface area contributed by atoms with E-state index in [0.29, 0.717) is 25.2 Å². The Labute approximate surface area is 165 Å². The molecule has 28 heavy (non-hydrogen) atoms. The molecule has 0 aromatic heterocycles. The molecular formula is C18H16ClF3N2O3S. The molecule has 0 atom stereocenters. The third-order valence-corrected chi connectivity index (χ3v) is 6.76. The van der Waals surface area contributed by atoms with Crippen molar-refractivity contribution >= 4 is 33.2 Å². The summed E-state index contributed by atoms with van der Waals surface area (Å²) >= 11 is 6.04. The highest BCUT2D eigenvalue weighted by molar-refractivity contribution is 7.89. The number of piperidine rings is 1. The Morgan fingerprint density at radius 1 is 0.964 bits per heavy atom. The Bertz CT molecular complexity index is 1020. The van der Waals surface area contributed by atoms with E-state index >= 15 is 0 Å². The molecule has 1 heterocycles. The van der Waals surface area contributed by atoms with Crippen molar-refractivity contribution in [2.24, 2.45) is 0 Å². The van der Waals surface area contributed by atoms with Crippen LogP contribution >= 0.6 is 11.6 Å². The Morgan fingerprint density at radius 2 is 1.61 bits per heavy atom. The summed E-state index contributed by atoms with van der Waals surface area (Å²) in [6, 6.07) is 4.39. The predicted molar refractivity (Wildman–Crippen MR) is 98.3 cm³/mol. The van der Waals surface area contributed by atoms with Gasteiger partial charge in [0.15, 0.2) is 11.6 Å². The Balaban J connectivity index is 1.90. The molecule has 0 saturated carbocycles. The second-order valence-electron chi connectivity index (χ2n) is 6.31. The highest BCUT2D eigenvalue weighted by atomic mass is 35.5. The van der Waals surface area contributed by atoms with Crippen molar-refractivity contribution in [2.75, 3.05) is 18.4 Å². The topological polar surface area (TPSA) is 66.5 Å². The van der Waals surface area contributed by atoms with Crippen molar-refractivity contribution in [1.29, 1.82) is 0 Å². The summed E-state index contributed by atoms with van der Waals surface area (Å²) < 4.78 is 67.0. The zero-order valence-corrected chi connectivity index (χ0v) is 16.1. The number of hydrogen-bond acceptors (Lipinski definition) is 3. The van der Waals surface area contributed by atoms with Crippen LogP contribution in [0.15, 0.2) is 35.2 Å². The van der Waals surface area contributed by atoms with E-state index in [-0.39, 0.29) is 15.5 Å². The highest BCUT2D eigenvalue weighted by Gasteiger charge is 2.29. The lowest BCUT2D eigenvalue weighted by atomic mass is 10.2. The zero-order valence-electron chi connectivity index (χ0n) is 14.5. The second-order valence-corrected chi connectivity index (χ2v) is 8.62. The van der Waals surface area contributed by atoms with Crippen molar-refractivity contribution in [3.63, 3.8) is 0 Å². The molecule has 1 aliphatic heterocycles. The van der Waals surface area contributed by atoms with E-state index in [0.717, 1.165) is 25.3 Å². The molecule has 0 spiro atoms. The van der Waals surface area contributed by atoms with Crippen molar-refractivity contribution < 1.29 is 26.4 Å². The second kappa shape index (κ2) is 8.10. The van der Waals surface area contributed by atoms with Gasteiger partial charge in [0.25, 0.3) is 5.91 Å². The maximum Gasteiger partial charge on any atom is 0.255 e. The van der Waals surface area contributed by atoms with E-state index in [4.69, 9.17) is 11.6 Å². The van der Waals surface area contributed by atoms with Gasteiger partial charge in [0.2, 0.25) is 10.0 Å². The van der Waals surface area contributed by atoms with E-state index in [9.17, 15) is 26.4 Å². The lowest BCUT2D eigenvalue weighted by Crippen LogP contribution is -2.35. The molecule has 3 rings (SSSR count). The van der Waals surface area contributed by atoms with Gasteiger partial charge in [0.05, 0.1) is 10.7 Å². The van der Waals surface area contributed by atoms with Gasteiger partial charge in [-0.15, -0.1) is 0 Å². The SMILES string of the molecule is O=C(Nc1cc(F)c(F)cc1F)c1ccc(Cl)c(S(=O)(=O)N2CCCCC2)c1. The number of benzene rings is 2. The van der Waals surface area contributed by atoms with Crippen molar-refractivity contribution in [3.8, 4) is 0 Å². The van der Waals surface area contributed by atoms with E-state index in [1.165, 1.54) is 16.4 Å². The fourth-order valence-corrected chi connectivity index (χ4v) is 4.92. The molecule has 0 radical (unpaired) electrons. The van der Waals surface area contributed by atoms with Crippen LogP contribution in [-0.4, -0.2) is 31.7 Å². The molecule has 10 heteroatoms. The fourth-order valence-electron chi connectivity index (χ4n) is 2.90. The number of carbonyl (C=O) groups is 1. The summed E-state index contributed by atoms with van der Waals surface area (Å²) in [5, 5.41) is 2.05. The molecule has 1 N–H and O–H groups in total. The molecule has 0 aliphatic carbocycles. The summed E-state index contributed by atoms with van der Waals surface area (Å²) in [6.45, 7) is 0.713. The first-order valence-electron chi connectivity index (χ1n) is 8.46. The molecule has 0 bridgehead atoms. The molecule has 1 saturated heterocycles. The zero-order chi connectivity index (χ0) is 20.5. The van der Waals surface area contributed by atoms with Gasteiger partial charge in [-0.3, -0.25) is 4.79 Å². The van der Waals surface area contributed by atoms with Gasteiger partial charge >= 0.3 is 0 Å². The molecule has 2 aromatic carbocycles. The van der Waals surface area contributed by atoms with E-state index < -0.39 is 39.1 Å². The van der Waals surface area contributed by atoms with Crippen LogP contribution in [0.3, 0.4) is 0 Å². The van der Waals surface area contributed by atoms with Gasteiger partial charge in [0, 0.05) is 30.8 Å². The van der Waals surface area contributed by atoms with Crippen LogP contribution in [-0.2, 0) is 10.0 Å². The summed E-state index contributed by atoms with van der Waals surface area (Å²) in [4.78, 5) is 12.1. The average molecular weight is 433 g/mol. The lowest BCUT2D eigenvalue weighted by molar-refractivity contribution is 0.102. The van der Waals surface area contributed by atoms with Crippen LogP contribution in [0.4, 0.5) is 18.9 Å². The van der Waals surface area contributed by atoms with Gasteiger partial charge in [-0.05, 0) is 31.0 Å². The van der Waals surface area contributed by atoms with Gasteiger partial charge in [-0.25, -0.2) is 21.6 Å². The number of anilines is 1. The Hall–Kier alpha value is -2.10. The molecular weight excluding hydrogens is 417 g/mol. The third-order valence-electron chi connectivity index (χ3n) is 4.38. The van der Waals surface area contributed by atoms with Crippen molar-refractivity contribution in [1.82, 2.24) is 4.31 Å². The van der Waals surface area contributed by atoms with E-state index in [1.807, 2.05) is 0 Å². The minimum absolute atomic E-state index is 0.0545. The quantitative estimate of drug-likeness (QED) is 0.737. The molecule has 5 nitrogen and oxygen atoms in total. The number of amides is 1. The largest absolute Gasteiger partial charge is 0.319 e. The third kappa shape index (κ3) is 4.16. The summed E-state index contributed by atoms with van der Waals surface area (Å²) in [6.07, 6.45) is 2.39. The normalized spacial score (nSPS) is 15.4. The number of halogens is 4. The minimum atomic E-state index is -3.90. The number of hydrogen-bond donors (Lipinski definition) is 1. The van der Waals surface area contributed by atoms with E-state index in [1.54, 1.807) is 0 Å². The summed E-state index contributed by atoms with van der Waals surface area (Å²) in [7, 11) is -3.90. The van der Waals surface area contributed by atoms with Crippen LogP contribution < -0.4 is 5.32 Å². The van der Waals surface area contributed by atoms with Gasteiger partial charge in [-0.2, -0.15) is 4.31 Å². The van der Waals surface area contributed by atoms with Crippen LogP contribution in [0.1, 0.15) is 29.6 Å². The van der Waals surface area contributed by atoms with Crippen molar-refractivity contribution in [3.05, 3.63) is 58.4 Å². The summed E-state index contributed by atoms with van der Waals surface area (Å²) in [5.74, 6) is -4.78. The molecule has 150 valence electrons. The number of nitrogens with one attached hydrogen (secondary N) is 1. The number of sulfonamides is 1. The van der Waals surface area contributed by atoms with Gasteiger partial charge in [-0.1, -0.05) is 18.0 Å².